The minimum atomic E-state index is -0.794. The monoisotopic (exact) mass is 431 g/mol. The zero-order valence-corrected chi connectivity index (χ0v) is 17.9. The van der Waals surface area contributed by atoms with Gasteiger partial charge in [0.05, 0.1) is 17.6 Å². The highest BCUT2D eigenvalue weighted by Gasteiger charge is 2.33. The number of pyridine rings is 1. The lowest BCUT2D eigenvalue weighted by molar-refractivity contribution is -0.116. The lowest BCUT2D eigenvalue weighted by atomic mass is 10.0. The fourth-order valence-corrected chi connectivity index (χ4v) is 4.50. The number of anilines is 1. The van der Waals surface area contributed by atoms with E-state index >= 15 is 0 Å². The summed E-state index contributed by atoms with van der Waals surface area (Å²) in [5.41, 5.74) is 4.03. The van der Waals surface area contributed by atoms with Crippen LogP contribution >= 0.6 is 0 Å². The number of amides is 2. The zero-order valence-electron chi connectivity index (χ0n) is 17.9. The Hall–Kier alpha value is -3.45. The Morgan fingerprint density at radius 1 is 1.19 bits per heavy atom. The Kier molecular flexibility index (Phi) is 5.27. The summed E-state index contributed by atoms with van der Waals surface area (Å²) in [5.74, 6) is 0.587. The van der Waals surface area contributed by atoms with E-state index in [1.165, 1.54) is 0 Å². The van der Waals surface area contributed by atoms with E-state index in [1.54, 1.807) is 11.0 Å². The third-order valence-corrected chi connectivity index (χ3v) is 6.14. The molecular weight excluding hydrogens is 406 g/mol. The van der Waals surface area contributed by atoms with Crippen molar-refractivity contribution in [3.05, 3.63) is 65.4 Å². The van der Waals surface area contributed by atoms with E-state index in [9.17, 15) is 14.7 Å². The summed E-state index contributed by atoms with van der Waals surface area (Å²) in [5, 5.41) is 14.4. The number of likely N-dealkylation sites (tertiary alicyclic amines) is 1. The molecule has 0 aliphatic carbocycles. The van der Waals surface area contributed by atoms with Crippen LogP contribution in [-0.4, -0.2) is 52.1 Å². The number of fused-ring (bicyclic) bond motifs is 2. The van der Waals surface area contributed by atoms with Gasteiger partial charge < -0.3 is 20.1 Å². The summed E-state index contributed by atoms with van der Waals surface area (Å²) in [6.45, 7) is 2.58. The summed E-state index contributed by atoms with van der Waals surface area (Å²) in [6, 6.07) is 15.0. The number of β-amino-alcohol motifs (C(OH)–C–C–N with tert-alkyl or cyclic N) is 1. The minimum Gasteiger partial charge on any atom is -0.488 e. The Bertz CT molecular complexity index is 1210. The van der Waals surface area contributed by atoms with Gasteiger partial charge in [0.25, 0.3) is 5.91 Å². The van der Waals surface area contributed by atoms with Crippen LogP contribution in [0, 0.1) is 6.92 Å². The fourth-order valence-electron chi connectivity index (χ4n) is 4.50. The molecule has 1 aromatic heterocycles. The van der Waals surface area contributed by atoms with Gasteiger partial charge in [-0.2, -0.15) is 0 Å². The fraction of sp³-hybridized carbons (Fsp3) is 0.320. The molecule has 0 spiro atoms. The number of carbonyl (C=O) groups excluding carboxylic acids is 2. The lowest BCUT2D eigenvalue weighted by Gasteiger charge is -2.36. The second-order valence-electron chi connectivity index (χ2n) is 8.46. The summed E-state index contributed by atoms with van der Waals surface area (Å²) in [6.07, 6.45) is 0.474. The number of hydrogen-bond acceptors (Lipinski definition) is 5. The number of benzene rings is 2. The molecule has 7 nitrogen and oxygen atoms in total. The van der Waals surface area contributed by atoms with Crippen LogP contribution in [0.1, 0.15) is 34.5 Å². The number of aromatic nitrogens is 1. The van der Waals surface area contributed by atoms with Crippen LogP contribution in [-0.2, 0) is 11.2 Å². The zero-order chi connectivity index (χ0) is 22.2. The molecule has 2 amide bonds. The van der Waals surface area contributed by atoms with E-state index in [4.69, 9.17) is 4.74 Å². The van der Waals surface area contributed by atoms with Gasteiger partial charge in [-0.3, -0.25) is 14.6 Å². The maximum Gasteiger partial charge on any atom is 0.254 e. The SMILES string of the molecule is Cc1cc(C(=O)N2CC[C@@H](Oc3ccc4c(c3)CCC(=O)N4)[C@H](O)C2)c2ccccc2n1. The number of piperidine rings is 1. The Morgan fingerprint density at radius 2 is 2.03 bits per heavy atom. The molecule has 164 valence electrons. The van der Waals surface area contributed by atoms with Crippen LogP contribution in [0.5, 0.6) is 5.75 Å². The second kappa shape index (κ2) is 8.24. The number of para-hydroxylation sites is 1. The van der Waals surface area contributed by atoms with Crippen LogP contribution in [0.25, 0.3) is 10.9 Å². The van der Waals surface area contributed by atoms with E-state index in [0.717, 1.165) is 27.8 Å². The van der Waals surface area contributed by atoms with Crippen LogP contribution < -0.4 is 10.1 Å². The molecule has 32 heavy (non-hydrogen) atoms. The van der Waals surface area contributed by atoms with Gasteiger partial charge in [0.2, 0.25) is 5.91 Å². The molecule has 3 aromatic rings. The van der Waals surface area contributed by atoms with Gasteiger partial charge in [0.15, 0.2) is 0 Å². The first-order valence-corrected chi connectivity index (χ1v) is 10.9. The second-order valence-corrected chi connectivity index (χ2v) is 8.46. The van der Waals surface area contributed by atoms with E-state index in [0.29, 0.717) is 37.1 Å². The molecule has 0 saturated carbocycles. The predicted octanol–water partition coefficient (Wildman–Crippen LogP) is 3.08. The quantitative estimate of drug-likeness (QED) is 0.665. The largest absolute Gasteiger partial charge is 0.488 e. The normalized spacial score (nSPS) is 20.6. The molecule has 2 atom stereocenters. The first-order valence-electron chi connectivity index (χ1n) is 10.9. The molecule has 1 saturated heterocycles. The van der Waals surface area contributed by atoms with Crippen molar-refractivity contribution in [3.63, 3.8) is 0 Å². The first kappa shape index (κ1) is 20.5. The Balaban J connectivity index is 1.29. The molecule has 0 radical (unpaired) electrons. The molecule has 0 unspecified atom stereocenters. The van der Waals surface area contributed by atoms with Crippen molar-refractivity contribution in [2.24, 2.45) is 0 Å². The van der Waals surface area contributed by atoms with Crippen molar-refractivity contribution in [2.45, 2.75) is 38.4 Å². The van der Waals surface area contributed by atoms with Crippen molar-refractivity contribution in [2.75, 3.05) is 18.4 Å². The van der Waals surface area contributed by atoms with Crippen molar-refractivity contribution in [1.29, 1.82) is 0 Å². The highest BCUT2D eigenvalue weighted by Crippen LogP contribution is 2.29. The van der Waals surface area contributed by atoms with Crippen LogP contribution in [0.2, 0.25) is 0 Å². The Labute approximate surface area is 186 Å². The number of nitrogens with one attached hydrogen (secondary N) is 1. The van der Waals surface area contributed by atoms with Gasteiger partial charge in [-0.15, -0.1) is 0 Å². The molecule has 1 fully saturated rings. The molecule has 2 aliphatic heterocycles. The van der Waals surface area contributed by atoms with E-state index in [2.05, 4.69) is 10.3 Å². The average molecular weight is 431 g/mol. The number of aryl methyl sites for hydroxylation is 2. The maximum absolute atomic E-state index is 13.3. The van der Waals surface area contributed by atoms with Gasteiger partial charge in [0, 0.05) is 36.2 Å². The van der Waals surface area contributed by atoms with Gasteiger partial charge in [0.1, 0.15) is 18.0 Å². The van der Waals surface area contributed by atoms with E-state index in [-0.39, 0.29) is 18.4 Å². The van der Waals surface area contributed by atoms with Crippen LogP contribution in [0.15, 0.2) is 48.5 Å². The lowest BCUT2D eigenvalue weighted by Crippen LogP contribution is -2.51. The van der Waals surface area contributed by atoms with Crippen molar-refractivity contribution in [3.8, 4) is 5.75 Å². The maximum atomic E-state index is 13.3. The average Bonchev–Trinajstić information content (AvgIpc) is 2.79. The highest BCUT2D eigenvalue weighted by molar-refractivity contribution is 6.06. The number of carbonyl (C=O) groups is 2. The molecule has 7 heteroatoms. The highest BCUT2D eigenvalue weighted by atomic mass is 16.5. The van der Waals surface area contributed by atoms with E-state index < -0.39 is 12.2 Å². The van der Waals surface area contributed by atoms with Crippen molar-refractivity contribution < 1.29 is 19.4 Å². The third-order valence-electron chi connectivity index (χ3n) is 6.14. The number of ether oxygens (including phenoxy) is 1. The van der Waals surface area contributed by atoms with Gasteiger partial charge in [-0.25, -0.2) is 0 Å². The number of nitrogens with zero attached hydrogens (tertiary/aromatic N) is 2. The number of aliphatic hydroxyl groups excluding tert-OH is 1. The van der Waals surface area contributed by atoms with E-state index in [1.807, 2.05) is 49.4 Å². The topological polar surface area (TPSA) is 91.8 Å². The molecule has 2 aromatic carbocycles. The summed E-state index contributed by atoms with van der Waals surface area (Å²) >= 11 is 0. The minimum absolute atomic E-state index is 0.0239. The predicted molar refractivity (Wildman–Crippen MR) is 121 cm³/mol. The summed E-state index contributed by atoms with van der Waals surface area (Å²) < 4.78 is 6.07. The van der Waals surface area contributed by atoms with Gasteiger partial charge >= 0.3 is 0 Å². The Morgan fingerprint density at radius 3 is 2.88 bits per heavy atom. The molecule has 0 bridgehead atoms. The molecule has 5 rings (SSSR count). The van der Waals surface area contributed by atoms with Gasteiger partial charge in [-0.05, 0) is 49.2 Å². The van der Waals surface area contributed by atoms with Crippen molar-refractivity contribution >= 4 is 28.4 Å². The summed E-state index contributed by atoms with van der Waals surface area (Å²) in [4.78, 5) is 31.0. The third kappa shape index (κ3) is 3.91. The molecule has 2 N–H and O–H groups in total. The number of rotatable bonds is 3. The van der Waals surface area contributed by atoms with Gasteiger partial charge in [-0.1, -0.05) is 18.2 Å². The number of aliphatic hydroxyl groups is 1. The number of hydrogen-bond donors (Lipinski definition) is 2. The smallest absolute Gasteiger partial charge is 0.254 e. The molecule has 3 heterocycles. The molecule has 2 aliphatic rings. The van der Waals surface area contributed by atoms with Crippen molar-refractivity contribution in [1.82, 2.24) is 9.88 Å². The first-order chi connectivity index (χ1) is 15.5. The standard InChI is InChI=1S/C25H25N3O4/c1-15-12-19(18-4-2-3-5-21(18)26-15)25(31)28-11-10-23(22(29)14-28)32-17-7-8-20-16(13-17)6-9-24(30)27-20/h2-5,7-8,12-13,22-23,29H,6,9-11,14H2,1H3,(H,27,30)/t22-,23-/m1/s1. The van der Waals surface area contributed by atoms with Crippen LogP contribution in [0.3, 0.4) is 0 Å². The van der Waals surface area contributed by atoms with Crippen LogP contribution in [0.4, 0.5) is 5.69 Å². The molecular formula is C25H25N3O4. The summed E-state index contributed by atoms with van der Waals surface area (Å²) in [7, 11) is 0.